The number of thioether (sulfide) groups is 1. The van der Waals surface area contributed by atoms with Crippen molar-refractivity contribution in [3.05, 3.63) is 6.07 Å². The molecule has 1 unspecified atom stereocenters. The number of aromatic nitrogens is 2. The van der Waals surface area contributed by atoms with Gasteiger partial charge in [0.25, 0.3) is 0 Å². The number of nitrogens with zero attached hydrogens (tertiary/aromatic N) is 3. The van der Waals surface area contributed by atoms with Crippen LogP contribution in [0, 0.1) is 0 Å². The molecule has 1 saturated heterocycles. The summed E-state index contributed by atoms with van der Waals surface area (Å²) in [5.74, 6) is 1.66. The molecule has 0 bridgehead atoms. The monoisotopic (exact) mass is 297 g/mol. The SMILES string of the molecule is CCN1CCOC(CNc2cc(NC)nc(SC)n2)C1. The number of anilines is 2. The van der Waals surface area contributed by atoms with E-state index in [1.807, 2.05) is 19.4 Å². The third-order valence-corrected chi connectivity index (χ3v) is 3.87. The third kappa shape index (κ3) is 4.22. The lowest BCUT2D eigenvalue weighted by molar-refractivity contribution is -0.0192. The summed E-state index contributed by atoms with van der Waals surface area (Å²) in [5, 5.41) is 7.17. The number of rotatable bonds is 6. The maximum absolute atomic E-state index is 5.78. The van der Waals surface area contributed by atoms with Crippen molar-refractivity contribution in [3.8, 4) is 0 Å². The van der Waals surface area contributed by atoms with Gasteiger partial charge in [-0.25, -0.2) is 9.97 Å². The van der Waals surface area contributed by atoms with E-state index in [0.29, 0.717) is 0 Å². The van der Waals surface area contributed by atoms with Crippen LogP contribution in [0.1, 0.15) is 6.92 Å². The van der Waals surface area contributed by atoms with E-state index in [9.17, 15) is 0 Å². The zero-order valence-electron chi connectivity index (χ0n) is 12.3. The molecule has 2 rings (SSSR count). The van der Waals surface area contributed by atoms with Crippen molar-refractivity contribution in [2.75, 3.05) is 56.7 Å². The second kappa shape index (κ2) is 7.66. The molecule has 2 N–H and O–H groups in total. The van der Waals surface area contributed by atoms with Crippen molar-refractivity contribution in [2.45, 2.75) is 18.2 Å². The van der Waals surface area contributed by atoms with Crippen LogP contribution in [0.4, 0.5) is 11.6 Å². The van der Waals surface area contributed by atoms with Gasteiger partial charge in [0.1, 0.15) is 11.6 Å². The van der Waals surface area contributed by atoms with Gasteiger partial charge in [-0.2, -0.15) is 0 Å². The fraction of sp³-hybridized carbons (Fsp3) is 0.692. The standard InChI is InChI=1S/C13H23N5OS/c1-4-18-5-6-19-10(9-18)8-15-12-7-11(14-2)16-13(17-12)20-3/h7,10H,4-6,8-9H2,1-3H3,(H2,14,15,16,17). The summed E-state index contributed by atoms with van der Waals surface area (Å²) >= 11 is 1.54. The van der Waals surface area contributed by atoms with E-state index in [0.717, 1.165) is 49.6 Å². The summed E-state index contributed by atoms with van der Waals surface area (Å²) in [4.78, 5) is 11.2. The topological polar surface area (TPSA) is 62.3 Å². The number of hydrogen-bond acceptors (Lipinski definition) is 7. The highest BCUT2D eigenvalue weighted by Gasteiger charge is 2.19. The smallest absolute Gasteiger partial charge is 0.191 e. The van der Waals surface area contributed by atoms with E-state index in [1.165, 1.54) is 11.8 Å². The minimum Gasteiger partial charge on any atom is -0.374 e. The average molecular weight is 297 g/mol. The van der Waals surface area contributed by atoms with E-state index in [2.05, 4.69) is 32.4 Å². The molecule has 1 aromatic rings. The maximum atomic E-state index is 5.78. The number of likely N-dealkylation sites (N-methyl/N-ethyl adjacent to an activating group) is 1. The summed E-state index contributed by atoms with van der Waals surface area (Å²) in [7, 11) is 1.86. The molecule has 0 radical (unpaired) electrons. The number of ether oxygens (including phenoxy) is 1. The van der Waals surface area contributed by atoms with Crippen molar-refractivity contribution >= 4 is 23.4 Å². The van der Waals surface area contributed by atoms with Crippen molar-refractivity contribution in [3.63, 3.8) is 0 Å². The first-order valence-electron chi connectivity index (χ1n) is 6.93. The van der Waals surface area contributed by atoms with Crippen LogP contribution < -0.4 is 10.6 Å². The lowest BCUT2D eigenvalue weighted by Gasteiger charge is -2.32. The van der Waals surface area contributed by atoms with Gasteiger partial charge >= 0.3 is 0 Å². The van der Waals surface area contributed by atoms with Gasteiger partial charge in [0.15, 0.2) is 5.16 Å². The molecule has 112 valence electrons. The van der Waals surface area contributed by atoms with Crippen molar-refractivity contribution in [1.29, 1.82) is 0 Å². The molecule has 0 amide bonds. The number of hydrogen-bond donors (Lipinski definition) is 2. The Balaban J connectivity index is 1.92. The van der Waals surface area contributed by atoms with E-state index < -0.39 is 0 Å². The van der Waals surface area contributed by atoms with E-state index in [1.54, 1.807) is 0 Å². The van der Waals surface area contributed by atoms with Crippen molar-refractivity contribution < 1.29 is 4.74 Å². The zero-order valence-corrected chi connectivity index (χ0v) is 13.2. The minimum atomic E-state index is 0.217. The highest BCUT2D eigenvalue weighted by molar-refractivity contribution is 7.98. The van der Waals surface area contributed by atoms with Crippen LogP contribution in [0.2, 0.25) is 0 Å². The average Bonchev–Trinajstić information content (AvgIpc) is 2.52. The Bertz CT molecular complexity index is 409. The van der Waals surface area contributed by atoms with Crippen LogP contribution in [-0.2, 0) is 4.74 Å². The van der Waals surface area contributed by atoms with Gasteiger partial charge in [-0.1, -0.05) is 18.7 Å². The second-order valence-corrected chi connectivity index (χ2v) is 5.42. The Morgan fingerprint density at radius 1 is 1.45 bits per heavy atom. The molecule has 7 heteroatoms. The molecular weight excluding hydrogens is 274 g/mol. The fourth-order valence-corrected chi connectivity index (χ4v) is 2.52. The van der Waals surface area contributed by atoms with E-state index in [-0.39, 0.29) is 6.10 Å². The molecule has 6 nitrogen and oxygen atoms in total. The maximum Gasteiger partial charge on any atom is 0.191 e. The van der Waals surface area contributed by atoms with Gasteiger partial charge in [-0.3, -0.25) is 4.90 Å². The van der Waals surface area contributed by atoms with Crippen molar-refractivity contribution in [1.82, 2.24) is 14.9 Å². The molecule has 20 heavy (non-hydrogen) atoms. The summed E-state index contributed by atoms with van der Waals surface area (Å²) in [6, 6.07) is 1.92. The molecule has 0 saturated carbocycles. The molecule has 1 aromatic heterocycles. The molecule has 2 heterocycles. The Kier molecular flexibility index (Phi) is 5.87. The van der Waals surface area contributed by atoms with Gasteiger partial charge in [-0.15, -0.1) is 0 Å². The van der Waals surface area contributed by atoms with E-state index >= 15 is 0 Å². The van der Waals surface area contributed by atoms with Gasteiger partial charge in [0.05, 0.1) is 12.7 Å². The molecule has 1 fully saturated rings. The highest BCUT2D eigenvalue weighted by atomic mass is 32.2. The van der Waals surface area contributed by atoms with Gasteiger partial charge < -0.3 is 15.4 Å². The molecule has 1 aliphatic rings. The Morgan fingerprint density at radius 2 is 2.25 bits per heavy atom. The molecular formula is C13H23N5OS. The molecule has 0 spiro atoms. The van der Waals surface area contributed by atoms with Gasteiger partial charge in [0.2, 0.25) is 0 Å². The van der Waals surface area contributed by atoms with Crippen LogP contribution in [0.25, 0.3) is 0 Å². The van der Waals surface area contributed by atoms with Crippen LogP contribution in [0.3, 0.4) is 0 Å². The lowest BCUT2D eigenvalue weighted by atomic mass is 10.2. The van der Waals surface area contributed by atoms with Gasteiger partial charge in [0, 0.05) is 32.7 Å². The van der Waals surface area contributed by atoms with Crippen LogP contribution in [-0.4, -0.2) is 67.1 Å². The first-order chi connectivity index (χ1) is 9.75. The largest absolute Gasteiger partial charge is 0.374 e. The Morgan fingerprint density at radius 3 is 2.95 bits per heavy atom. The summed E-state index contributed by atoms with van der Waals surface area (Å²) in [5.41, 5.74) is 0. The summed E-state index contributed by atoms with van der Waals surface area (Å²) < 4.78 is 5.78. The third-order valence-electron chi connectivity index (χ3n) is 3.33. The fourth-order valence-electron chi connectivity index (χ4n) is 2.14. The second-order valence-electron chi connectivity index (χ2n) is 4.64. The van der Waals surface area contributed by atoms with Crippen LogP contribution in [0.15, 0.2) is 11.2 Å². The normalized spacial score (nSPS) is 19.9. The van der Waals surface area contributed by atoms with Crippen molar-refractivity contribution in [2.24, 2.45) is 0 Å². The first kappa shape index (κ1) is 15.3. The minimum absolute atomic E-state index is 0.217. The molecule has 1 aliphatic heterocycles. The van der Waals surface area contributed by atoms with Crippen LogP contribution in [0.5, 0.6) is 0 Å². The zero-order chi connectivity index (χ0) is 14.4. The van der Waals surface area contributed by atoms with E-state index in [4.69, 9.17) is 4.74 Å². The Labute approximate surface area is 124 Å². The first-order valence-corrected chi connectivity index (χ1v) is 8.16. The highest BCUT2D eigenvalue weighted by Crippen LogP contribution is 2.17. The quantitative estimate of drug-likeness (QED) is 0.607. The predicted octanol–water partition coefficient (Wildman–Crippen LogP) is 1.37. The van der Waals surface area contributed by atoms with Crippen LogP contribution >= 0.6 is 11.8 Å². The molecule has 0 aliphatic carbocycles. The predicted molar refractivity (Wildman–Crippen MR) is 83.7 cm³/mol. The number of morpholine rings is 1. The number of nitrogens with one attached hydrogen (secondary N) is 2. The molecule has 0 aromatic carbocycles. The Hall–Kier alpha value is -1.05. The molecule has 1 atom stereocenters. The summed E-state index contributed by atoms with van der Waals surface area (Å²) in [6.07, 6.45) is 2.19. The lowest BCUT2D eigenvalue weighted by Crippen LogP contribution is -2.45. The van der Waals surface area contributed by atoms with Gasteiger partial charge in [-0.05, 0) is 12.8 Å². The summed E-state index contributed by atoms with van der Waals surface area (Å²) in [6.45, 7) is 6.84.